The van der Waals surface area contributed by atoms with Gasteiger partial charge in [0.1, 0.15) is 0 Å². The molecule has 2 aromatic rings. The lowest BCUT2D eigenvalue weighted by Crippen LogP contribution is -2.24. The van der Waals surface area contributed by atoms with Crippen LogP contribution < -0.4 is 10.0 Å². The van der Waals surface area contributed by atoms with Gasteiger partial charge in [-0.1, -0.05) is 23.6 Å². The molecule has 2 N–H and O–H groups in total. The second-order valence-electron chi connectivity index (χ2n) is 4.52. The van der Waals surface area contributed by atoms with Crippen LogP contribution in [-0.2, 0) is 10.0 Å². The van der Waals surface area contributed by atoms with Crippen LogP contribution in [0.3, 0.4) is 0 Å². The molecule has 118 valence electrons. The van der Waals surface area contributed by atoms with Gasteiger partial charge in [-0.15, -0.1) is 6.42 Å². The second-order valence-corrected chi connectivity index (χ2v) is 6.72. The molecule has 0 bridgehead atoms. The number of carbonyl (C=O) groups excluding carboxylic acids is 1. The Morgan fingerprint density at radius 3 is 2.48 bits per heavy atom. The van der Waals surface area contributed by atoms with E-state index in [2.05, 4.69) is 16.0 Å². The molecule has 0 aliphatic rings. The van der Waals surface area contributed by atoms with Crippen LogP contribution in [0.2, 0.25) is 5.02 Å². The van der Waals surface area contributed by atoms with Crippen molar-refractivity contribution < 1.29 is 13.2 Å². The summed E-state index contributed by atoms with van der Waals surface area (Å²) in [5.41, 5.74) is 0.871. The number of sulfonamides is 1. The minimum atomic E-state index is -3.67. The van der Waals surface area contributed by atoms with Gasteiger partial charge in [0.25, 0.3) is 5.91 Å². The number of amides is 1. The van der Waals surface area contributed by atoms with E-state index in [9.17, 15) is 13.2 Å². The van der Waals surface area contributed by atoms with Gasteiger partial charge in [-0.25, -0.2) is 8.42 Å². The zero-order chi connectivity index (χ0) is 16.9. The summed E-state index contributed by atoms with van der Waals surface area (Å²) in [4.78, 5) is 12.1. The number of nitrogens with one attached hydrogen (secondary N) is 2. The Balaban J connectivity index is 2.13. The summed E-state index contributed by atoms with van der Waals surface area (Å²) in [6, 6.07) is 12.2. The molecule has 5 nitrogen and oxygen atoms in total. The van der Waals surface area contributed by atoms with Crippen molar-refractivity contribution in [1.82, 2.24) is 4.72 Å². The quantitative estimate of drug-likeness (QED) is 0.815. The van der Waals surface area contributed by atoms with E-state index >= 15 is 0 Å². The molecule has 0 unspecified atom stereocenters. The highest BCUT2D eigenvalue weighted by Crippen LogP contribution is 2.16. The number of carbonyl (C=O) groups is 1. The molecule has 7 heteroatoms. The number of benzene rings is 2. The van der Waals surface area contributed by atoms with Crippen LogP contribution in [0.15, 0.2) is 53.4 Å². The highest BCUT2D eigenvalue weighted by molar-refractivity contribution is 7.89. The Labute approximate surface area is 139 Å². The molecule has 0 heterocycles. The van der Waals surface area contributed by atoms with Gasteiger partial charge in [0, 0.05) is 16.3 Å². The molecule has 0 aromatic heterocycles. The minimum Gasteiger partial charge on any atom is -0.322 e. The zero-order valence-electron chi connectivity index (χ0n) is 11.9. The number of hydrogen-bond donors (Lipinski definition) is 2. The van der Waals surface area contributed by atoms with Crippen LogP contribution in [0.4, 0.5) is 5.69 Å². The van der Waals surface area contributed by atoms with E-state index in [-0.39, 0.29) is 17.3 Å². The van der Waals surface area contributed by atoms with E-state index in [1.165, 1.54) is 24.3 Å². The Bertz CT molecular complexity index is 856. The average Bonchev–Trinajstić information content (AvgIpc) is 2.53. The largest absolute Gasteiger partial charge is 0.322 e. The Hall–Kier alpha value is -2.33. The summed E-state index contributed by atoms with van der Waals surface area (Å²) < 4.78 is 26.0. The maximum atomic E-state index is 12.1. The second kappa shape index (κ2) is 7.29. The summed E-state index contributed by atoms with van der Waals surface area (Å²) in [6.45, 7) is -0.0979. The highest BCUT2D eigenvalue weighted by atomic mass is 35.5. The predicted molar refractivity (Wildman–Crippen MR) is 89.9 cm³/mol. The Morgan fingerprint density at radius 2 is 1.87 bits per heavy atom. The first-order chi connectivity index (χ1) is 10.9. The molecular weight excluding hydrogens is 336 g/mol. The molecule has 2 aromatic carbocycles. The smallest absolute Gasteiger partial charge is 0.255 e. The standard InChI is InChI=1S/C16H13ClN2O3S/c1-2-10-18-23(21,22)15-8-6-12(7-9-15)16(20)19-14-5-3-4-13(17)11-14/h1,3-9,11,18H,10H2,(H,19,20). The monoisotopic (exact) mass is 348 g/mol. The SMILES string of the molecule is C#CCNS(=O)(=O)c1ccc(C(=O)Nc2cccc(Cl)c2)cc1. The van der Waals surface area contributed by atoms with Crippen LogP contribution in [0.5, 0.6) is 0 Å². The topological polar surface area (TPSA) is 75.3 Å². The number of anilines is 1. The molecule has 0 radical (unpaired) electrons. The molecule has 0 atom stereocenters. The predicted octanol–water partition coefficient (Wildman–Crippen LogP) is 2.50. The third-order valence-corrected chi connectivity index (χ3v) is 4.53. The molecular formula is C16H13ClN2O3S. The summed E-state index contributed by atoms with van der Waals surface area (Å²) in [5, 5.41) is 3.18. The van der Waals surface area contributed by atoms with Gasteiger partial charge in [0.05, 0.1) is 11.4 Å². The summed E-state index contributed by atoms with van der Waals surface area (Å²) in [7, 11) is -3.67. The molecule has 23 heavy (non-hydrogen) atoms. The maximum absolute atomic E-state index is 12.1. The van der Waals surface area contributed by atoms with Crippen molar-refractivity contribution in [2.75, 3.05) is 11.9 Å². The fourth-order valence-corrected chi connectivity index (χ4v) is 2.90. The van der Waals surface area contributed by atoms with Crippen molar-refractivity contribution >= 4 is 33.2 Å². The van der Waals surface area contributed by atoms with Gasteiger partial charge < -0.3 is 5.32 Å². The fraction of sp³-hybridized carbons (Fsp3) is 0.0625. The molecule has 1 amide bonds. The highest BCUT2D eigenvalue weighted by Gasteiger charge is 2.14. The third kappa shape index (κ3) is 4.57. The van der Waals surface area contributed by atoms with E-state index in [1.54, 1.807) is 24.3 Å². The molecule has 0 fully saturated rings. The van der Waals surface area contributed by atoms with Crippen LogP contribution in [0, 0.1) is 12.3 Å². The first-order valence-electron chi connectivity index (χ1n) is 6.52. The van der Waals surface area contributed by atoms with E-state index < -0.39 is 10.0 Å². The van der Waals surface area contributed by atoms with Gasteiger partial charge in [0.2, 0.25) is 10.0 Å². The van der Waals surface area contributed by atoms with Gasteiger partial charge in [-0.3, -0.25) is 4.79 Å². The maximum Gasteiger partial charge on any atom is 0.255 e. The Kier molecular flexibility index (Phi) is 5.40. The van der Waals surface area contributed by atoms with Crippen LogP contribution in [-0.4, -0.2) is 20.9 Å². The first-order valence-corrected chi connectivity index (χ1v) is 8.38. The van der Waals surface area contributed by atoms with E-state index in [1.807, 2.05) is 0 Å². The van der Waals surface area contributed by atoms with Crippen molar-refractivity contribution in [3.8, 4) is 12.3 Å². The van der Waals surface area contributed by atoms with E-state index in [4.69, 9.17) is 18.0 Å². The normalized spacial score (nSPS) is 10.8. The molecule has 2 rings (SSSR count). The lowest BCUT2D eigenvalue weighted by Gasteiger charge is -2.07. The van der Waals surface area contributed by atoms with E-state index in [0.717, 1.165) is 0 Å². The molecule has 0 saturated carbocycles. The minimum absolute atomic E-state index is 0.0343. The van der Waals surface area contributed by atoms with Gasteiger partial charge >= 0.3 is 0 Å². The summed E-state index contributed by atoms with van der Waals surface area (Å²) >= 11 is 5.85. The van der Waals surface area contributed by atoms with Gasteiger partial charge in [-0.2, -0.15) is 4.72 Å². The Morgan fingerprint density at radius 1 is 1.17 bits per heavy atom. The molecule has 0 spiro atoms. The van der Waals surface area contributed by atoms with Crippen LogP contribution in [0.1, 0.15) is 10.4 Å². The van der Waals surface area contributed by atoms with Crippen molar-refractivity contribution in [2.24, 2.45) is 0 Å². The van der Waals surface area contributed by atoms with Crippen molar-refractivity contribution in [3.63, 3.8) is 0 Å². The van der Waals surface area contributed by atoms with Crippen LogP contribution >= 0.6 is 11.6 Å². The number of terminal acetylenes is 1. The fourth-order valence-electron chi connectivity index (χ4n) is 1.77. The third-order valence-electron chi connectivity index (χ3n) is 2.87. The summed E-state index contributed by atoms with van der Waals surface area (Å²) in [6.07, 6.45) is 5.02. The number of rotatable bonds is 5. The molecule has 0 aliphatic heterocycles. The van der Waals surface area contributed by atoms with Gasteiger partial charge in [-0.05, 0) is 42.5 Å². The van der Waals surface area contributed by atoms with Crippen LogP contribution in [0.25, 0.3) is 0 Å². The average molecular weight is 349 g/mol. The first kappa shape index (κ1) is 17.0. The number of hydrogen-bond acceptors (Lipinski definition) is 3. The van der Waals surface area contributed by atoms with Crippen molar-refractivity contribution in [2.45, 2.75) is 4.90 Å². The lowest BCUT2D eigenvalue weighted by atomic mass is 10.2. The zero-order valence-corrected chi connectivity index (χ0v) is 13.5. The lowest BCUT2D eigenvalue weighted by molar-refractivity contribution is 0.102. The van der Waals surface area contributed by atoms with Crippen molar-refractivity contribution in [3.05, 3.63) is 59.1 Å². The van der Waals surface area contributed by atoms with Crippen molar-refractivity contribution in [1.29, 1.82) is 0 Å². The van der Waals surface area contributed by atoms with E-state index in [0.29, 0.717) is 16.3 Å². The molecule has 0 saturated heterocycles. The van der Waals surface area contributed by atoms with Gasteiger partial charge in [0.15, 0.2) is 0 Å². The molecule has 0 aliphatic carbocycles. The summed E-state index contributed by atoms with van der Waals surface area (Å²) in [5.74, 6) is 1.82. The number of halogens is 1.